The molecule has 2 aromatic heterocycles. The third-order valence-corrected chi connectivity index (χ3v) is 7.55. The normalized spacial score (nSPS) is 17.6. The third-order valence-electron chi connectivity index (χ3n) is 5.54. The van der Waals surface area contributed by atoms with Gasteiger partial charge in [0.2, 0.25) is 5.60 Å². The molecule has 0 aliphatic carbocycles. The third kappa shape index (κ3) is 8.09. The van der Waals surface area contributed by atoms with Gasteiger partial charge in [-0.3, -0.25) is 19.3 Å². The van der Waals surface area contributed by atoms with E-state index < -0.39 is 40.8 Å². The number of nitrogens with one attached hydrogen (secondary N) is 1. The Bertz CT molecular complexity index is 1390. The molecule has 0 radical (unpaired) electrons. The molecule has 2 atom stereocenters. The number of carbonyl (C=O) groups excluding carboxylic acids is 3. The van der Waals surface area contributed by atoms with Gasteiger partial charge in [-0.1, -0.05) is 11.2 Å². The maximum Gasteiger partial charge on any atom is 0.350 e. The second-order valence-electron chi connectivity index (χ2n) is 8.67. The van der Waals surface area contributed by atoms with E-state index in [9.17, 15) is 29.4 Å². The van der Waals surface area contributed by atoms with E-state index >= 15 is 0 Å². The SMILES string of the molecule is CC(C)(O/N=C(\C(=O)N[C@@H]1C(=O)N2C(C(=O)[O-])=C(C[n+]3ccccc3)CS[C@H]12)c1csc(N)n1)C(=O)O.Cl.Cl.O=CO. The van der Waals surface area contributed by atoms with Crippen molar-refractivity contribution in [1.29, 1.82) is 0 Å². The molecule has 0 aromatic carbocycles. The summed E-state index contributed by atoms with van der Waals surface area (Å²) in [6, 6.07) is 4.36. The molecular formula is C23H26Cl2N6O9S2. The number of hydrogen-bond donors (Lipinski definition) is 4. The van der Waals surface area contributed by atoms with E-state index in [1.165, 1.54) is 31.0 Å². The van der Waals surface area contributed by atoms with E-state index in [2.05, 4.69) is 15.5 Å². The van der Waals surface area contributed by atoms with Gasteiger partial charge in [-0.2, -0.15) is 0 Å². The highest BCUT2D eigenvalue weighted by molar-refractivity contribution is 8.00. The first kappa shape index (κ1) is 36.1. The number of carbonyl (C=O) groups is 5. The maximum atomic E-state index is 13.1. The van der Waals surface area contributed by atoms with Crippen LogP contribution in [0, 0.1) is 0 Å². The predicted octanol–water partition coefficient (Wildman–Crippen LogP) is -0.755. The van der Waals surface area contributed by atoms with Crippen molar-refractivity contribution in [2.45, 2.75) is 37.4 Å². The van der Waals surface area contributed by atoms with Crippen molar-refractivity contribution in [3.63, 3.8) is 0 Å². The van der Waals surface area contributed by atoms with Crippen molar-refractivity contribution >= 4 is 89.0 Å². The van der Waals surface area contributed by atoms with Crippen molar-refractivity contribution in [1.82, 2.24) is 15.2 Å². The Labute approximate surface area is 259 Å². The van der Waals surface area contributed by atoms with Crippen LogP contribution >= 0.6 is 47.9 Å². The maximum absolute atomic E-state index is 13.1. The molecule has 2 aliphatic rings. The molecule has 228 valence electrons. The topological polar surface area (TPSA) is 229 Å². The van der Waals surface area contributed by atoms with Crippen LogP contribution in [0.3, 0.4) is 0 Å². The minimum absolute atomic E-state index is 0. The second kappa shape index (κ2) is 15.3. The van der Waals surface area contributed by atoms with Gasteiger partial charge >= 0.3 is 5.97 Å². The molecule has 2 aromatic rings. The van der Waals surface area contributed by atoms with Gasteiger partial charge < -0.3 is 36.0 Å². The van der Waals surface area contributed by atoms with Gasteiger partial charge in [0.1, 0.15) is 17.1 Å². The van der Waals surface area contributed by atoms with Crippen LogP contribution in [0.4, 0.5) is 5.13 Å². The predicted molar refractivity (Wildman–Crippen MR) is 153 cm³/mol. The number of aromatic nitrogens is 2. The first-order chi connectivity index (χ1) is 18.9. The number of amides is 2. The molecule has 2 aliphatic heterocycles. The lowest BCUT2D eigenvalue weighted by atomic mass is 10.0. The van der Waals surface area contributed by atoms with E-state index in [-0.39, 0.29) is 60.1 Å². The van der Waals surface area contributed by atoms with E-state index in [1.54, 1.807) is 29.1 Å². The van der Waals surface area contributed by atoms with Crippen LogP contribution in [0.1, 0.15) is 19.5 Å². The number of thiazole rings is 1. The summed E-state index contributed by atoms with van der Waals surface area (Å²) >= 11 is 2.32. The zero-order chi connectivity index (χ0) is 29.6. The van der Waals surface area contributed by atoms with Crippen LogP contribution in [0.5, 0.6) is 0 Å². The molecule has 1 fully saturated rings. The summed E-state index contributed by atoms with van der Waals surface area (Å²) in [4.78, 5) is 68.0. The molecule has 4 rings (SSSR count). The average molecular weight is 666 g/mol. The Morgan fingerprint density at radius 3 is 2.45 bits per heavy atom. The molecule has 0 bridgehead atoms. The number of nitrogen functional groups attached to an aromatic ring is 1. The molecule has 42 heavy (non-hydrogen) atoms. The summed E-state index contributed by atoms with van der Waals surface area (Å²) in [6.07, 6.45) is 3.55. The number of β-lactam (4-membered cyclic amide) rings is 1. The van der Waals surface area contributed by atoms with Crippen LogP contribution in [-0.4, -0.2) is 78.8 Å². The number of nitrogens with two attached hydrogens (primary N) is 1. The van der Waals surface area contributed by atoms with Crippen molar-refractivity contribution < 1.29 is 48.7 Å². The molecular weight excluding hydrogens is 639 g/mol. The van der Waals surface area contributed by atoms with Crippen LogP contribution in [-0.2, 0) is 35.4 Å². The molecule has 0 saturated carbocycles. The van der Waals surface area contributed by atoms with Crippen LogP contribution in [0.25, 0.3) is 0 Å². The molecule has 5 N–H and O–H groups in total. The van der Waals surface area contributed by atoms with Crippen molar-refractivity contribution in [2.24, 2.45) is 5.16 Å². The largest absolute Gasteiger partial charge is 0.543 e. The minimum atomic E-state index is -1.75. The van der Waals surface area contributed by atoms with Gasteiger partial charge in [0.15, 0.2) is 29.8 Å². The van der Waals surface area contributed by atoms with E-state index in [4.69, 9.17) is 20.5 Å². The van der Waals surface area contributed by atoms with Gasteiger partial charge in [0, 0.05) is 28.8 Å². The summed E-state index contributed by atoms with van der Waals surface area (Å²) in [5.74, 6) is -4.01. The number of anilines is 1. The number of pyridine rings is 1. The number of halogens is 2. The number of nitrogens with zero attached hydrogens (tertiary/aromatic N) is 4. The number of oxime groups is 1. The number of rotatable bonds is 9. The Morgan fingerprint density at radius 2 is 1.93 bits per heavy atom. The number of hydrogen-bond acceptors (Lipinski definition) is 12. The lowest BCUT2D eigenvalue weighted by molar-refractivity contribution is -0.689. The first-order valence-corrected chi connectivity index (χ1v) is 13.3. The number of carboxylic acids is 2. The highest BCUT2D eigenvalue weighted by atomic mass is 35.5. The van der Waals surface area contributed by atoms with Gasteiger partial charge in [-0.15, -0.1) is 47.9 Å². The summed E-state index contributed by atoms with van der Waals surface area (Å²) in [5, 5.41) is 35.3. The van der Waals surface area contributed by atoms with Crippen LogP contribution in [0.2, 0.25) is 0 Å². The van der Waals surface area contributed by atoms with Gasteiger partial charge in [0.05, 0.1) is 11.7 Å². The summed E-state index contributed by atoms with van der Waals surface area (Å²) < 4.78 is 1.78. The fourth-order valence-corrected chi connectivity index (χ4v) is 5.45. The second-order valence-corrected chi connectivity index (χ2v) is 10.7. The highest BCUT2D eigenvalue weighted by Crippen LogP contribution is 2.40. The fraction of sp³-hybridized carbons (Fsp3) is 0.304. The Morgan fingerprint density at radius 1 is 1.31 bits per heavy atom. The molecule has 0 unspecified atom stereocenters. The monoisotopic (exact) mass is 664 g/mol. The number of thioether (sulfide) groups is 1. The number of aliphatic carboxylic acids is 2. The smallest absolute Gasteiger partial charge is 0.350 e. The summed E-state index contributed by atoms with van der Waals surface area (Å²) in [6.45, 7) is 2.49. The van der Waals surface area contributed by atoms with Crippen molar-refractivity contribution in [3.8, 4) is 0 Å². The van der Waals surface area contributed by atoms with Gasteiger partial charge in [-0.05, 0) is 13.8 Å². The standard InChI is InChI=1S/C22H22N6O7S2.CH2O2.2ClH/c1-22(2,20(33)34)35-26-13(12-10-37-21(23)24-12)16(29)25-14-17(30)28-15(19(31)32)11(9-36-18(14)28)8-27-6-4-3-5-7-27;2-1-3;;/h3-7,10,14,18H,8-9H2,1-2H3,(H4-,23,24,25,29,31,32,33,34);1H,(H,2,3);2*1H/b26-13-;;;/t14-,18-;;;/m1.../s1. The Kier molecular flexibility index (Phi) is 13.2. The van der Waals surface area contributed by atoms with Gasteiger partial charge in [-0.25, -0.2) is 14.3 Å². The molecule has 1 saturated heterocycles. The van der Waals surface area contributed by atoms with Crippen LogP contribution in [0.15, 0.2) is 52.4 Å². The Balaban J connectivity index is 0.00000169. The highest BCUT2D eigenvalue weighted by Gasteiger charge is 2.53. The first-order valence-electron chi connectivity index (χ1n) is 11.3. The lowest BCUT2D eigenvalue weighted by Gasteiger charge is -2.50. The van der Waals surface area contributed by atoms with E-state index in [1.807, 2.05) is 6.07 Å². The zero-order valence-corrected chi connectivity index (χ0v) is 25.1. The van der Waals surface area contributed by atoms with E-state index in [0.29, 0.717) is 11.3 Å². The molecule has 15 nitrogen and oxygen atoms in total. The molecule has 2 amide bonds. The number of carboxylic acid groups (broad SMARTS) is 3. The van der Waals surface area contributed by atoms with Crippen LogP contribution < -0.4 is 20.7 Å². The van der Waals surface area contributed by atoms with Gasteiger partial charge in [0.25, 0.3) is 18.3 Å². The summed E-state index contributed by atoms with van der Waals surface area (Å²) in [7, 11) is 0. The lowest BCUT2D eigenvalue weighted by Crippen LogP contribution is -2.71. The summed E-state index contributed by atoms with van der Waals surface area (Å²) in [5.41, 5.74) is 3.83. The quantitative estimate of drug-likeness (QED) is 0.0853. The average Bonchev–Trinajstić information content (AvgIpc) is 3.33. The van der Waals surface area contributed by atoms with E-state index in [0.717, 1.165) is 16.2 Å². The minimum Gasteiger partial charge on any atom is -0.543 e. The molecule has 19 heteroatoms. The van der Waals surface area contributed by atoms with Crippen molar-refractivity contribution in [3.05, 3.63) is 52.9 Å². The zero-order valence-electron chi connectivity index (χ0n) is 21.9. The Hall–Kier alpha value is -3.93. The molecule has 4 heterocycles. The fourth-order valence-electron chi connectivity index (χ4n) is 3.56. The number of fused-ring (bicyclic) bond motifs is 1. The van der Waals surface area contributed by atoms with Crippen molar-refractivity contribution in [2.75, 3.05) is 11.5 Å². The molecule has 0 spiro atoms.